The largest absolute Gasteiger partial charge is 0.469 e. The Balaban J connectivity index is 2.03. The SMILES string of the molecule is Cc1nc2c(ncn2[C@@H]2O[C@](F)(COP(=O)(O)O)[C@@H](O)[C@@]2(C)O)c(=O)[nH]1. The highest BCUT2D eigenvalue weighted by Crippen LogP contribution is 2.48. The normalized spacial score (nSPS) is 32.4. The van der Waals surface area contributed by atoms with E-state index in [1.165, 1.54) is 6.92 Å². The number of halogens is 1. The molecule has 1 aliphatic rings. The first-order valence-electron chi connectivity index (χ1n) is 7.26. The molecule has 1 fully saturated rings. The standard InChI is InChI=1S/C12H16FN4O8P/c1-5-15-7-6(8(18)16-5)14-4-17(7)10-11(2,20)9(19)12(13,25-10)3-24-26(21,22)23/h4,9-10,19-20H,3H2,1-2H3,(H,15,16,18)(H2,21,22,23)/t9-,10+,11+,12+/m0/s1. The molecule has 12 nitrogen and oxygen atoms in total. The summed E-state index contributed by atoms with van der Waals surface area (Å²) in [4.78, 5) is 39.6. The van der Waals surface area contributed by atoms with E-state index in [0.717, 1.165) is 17.8 Å². The summed E-state index contributed by atoms with van der Waals surface area (Å²) in [5.74, 6) is -2.92. The van der Waals surface area contributed by atoms with Crippen molar-refractivity contribution in [2.75, 3.05) is 6.61 Å². The minimum atomic E-state index is -5.05. The van der Waals surface area contributed by atoms with Crippen LogP contribution in [0, 0.1) is 6.92 Å². The van der Waals surface area contributed by atoms with Gasteiger partial charge >= 0.3 is 7.82 Å². The van der Waals surface area contributed by atoms with Crippen molar-refractivity contribution in [1.29, 1.82) is 0 Å². The molecule has 144 valence electrons. The summed E-state index contributed by atoms with van der Waals surface area (Å²) < 4.78 is 35.9. The maximum absolute atomic E-state index is 14.9. The number of ether oxygens (including phenoxy) is 1. The number of alkyl halides is 1. The zero-order valence-corrected chi connectivity index (χ0v) is 14.4. The number of hydrogen-bond donors (Lipinski definition) is 5. The Morgan fingerprint density at radius 1 is 1.54 bits per heavy atom. The summed E-state index contributed by atoms with van der Waals surface area (Å²) in [6.07, 6.45) is -2.78. The third-order valence-corrected chi connectivity index (χ3v) is 4.47. The fourth-order valence-electron chi connectivity index (χ4n) is 2.77. The van der Waals surface area contributed by atoms with E-state index in [4.69, 9.17) is 14.5 Å². The van der Waals surface area contributed by atoms with Gasteiger partial charge in [0.1, 0.15) is 24.1 Å². The number of aryl methyl sites for hydroxylation is 1. The Kier molecular flexibility index (Phi) is 4.31. The van der Waals surface area contributed by atoms with E-state index >= 15 is 0 Å². The first kappa shape index (κ1) is 19.0. The molecule has 1 saturated heterocycles. The second-order valence-electron chi connectivity index (χ2n) is 6.12. The molecular formula is C12H16FN4O8P. The summed E-state index contributed by atoms with van der Waals surface area (Å²) in [6, 6.07) is 0. The molecule has 0 saturated carbocycles. The van der Waals surface area contributed by atoms with Crippen LogP contribution in [0.1, 0.15) is 19.0 Å². The number of hydrogen-bond acceptors (Lipinski definition) is 8. The third-order valence-electron chi connectivity index (χ3n) is 4.00. The van der Waals surface area contributed by atoms with E-state index in [1.54, 1.807) is 0 Å². The minimum Gasteiger partial charge on any atom is -0.384 e. The predicted octanol–water partition coefficient (Wildman–Crippen LogP) is -1.16. The highest BCUT2D eigenvalue weighted by atomic mass is 31.2. The van der Waals surface area contributed by atoms with Crippen molar-refractivity contribution in [2.24, 2.45) is 0 Å². The lowest BCUT2D eigenvalue weighted by Gasteiger charge is -2.27. The van der Waals surface area contributed by atoms with Crippen molar-refractivity contribution < 1.29 is 38.2 Å². The zero-order valence-electron chi connectivity index (χ0n) is 13.5. The second kappa shape index (κ2) is 5.89. The van der Waals surface area contributed by atoms with Gasteiger partial charge in [-0.3, -0.25) is 13.9 Å². The van der Waals surface area contributed by atoms with Crippen molar-refractivity contribution in [1.82, 2.24) is 19.5 Å². The van der Waals surface area contributed by atoms with Crippen molar-refractivity contribution in [3.05, 3.63) is 22.5 Å². The first-order valence-corrected chi connectivity index (χ1v) is 8.79. The van der Waals surface area contributed by atoms with Gasteiger partial charge in [0.15, 0.2) is 17.4 Å². The van der Waals surface area contributed by atoms with Gasteiger partial charge in [-0.15, -0.1) is 0 Å². The van der Waals surface area contributed by atoms with Crippen LogP contribution in [-0.4, -0.2) is 63.7 Å². The Bertz CT molecular complexity index is 954. The van der Waals surface area contributed by atoms with Crippen LogP contribution in [0.2, 0.25) is 0 Å². The summed E-state index contributed by atoms with van der Waals surface area (Å²) in [5.41, 5.74) is -2.98. The minimum absolute atomic E-state index is 0.0381. The highest BCUT2D eigenvalue weighted by Gasteiger charge is 2.63. The molecule has 0 unspecified atom stereocenters. The molecule has 4 atom stereocenters. The quantitative estimate of drug-likeness (QED) is 0.397. The van der Waals surface area contributed by atoms with Gasteiger partial charge in [0.05, 0.1) is 6.33 Å². The molecule has 0 spiro atoms. The fraction of sp³-hybridized carbons (Fsp3) is 0.583. The van der Waals surface area contributed by atoms with Crippen LogP contribution in [-0.2, 0) is 13.8 Å². The van der Waals surface area contributed by atoms with Crippen molar-refractivity contribution in [3.63, 3.8) is 0 Å². The lowest BCUT2D eigenvalue weighted by atomic mass is 9.95. The van der Waals surface area contributed by atoms with Gasteiger partial charge in [-0.25, -0.2) is 18.9 Å². The summed E-state index contributed by atoms with van der Waals surface area (Å²) in [5, 5.41) is 20.6. The van der Waals surface area contributed by atoms with Crippen LogP contribution in [0.15, 0.2) is 11.1 Å². The number of rotatable bonds is 4. The maximum atomic E-state index is 14.9. The Morgan fingerprint density at radius 3 is 2.81 bits per heavy atom. The molecule has 3 rings (SSSR count). The maximum Gasteiger partial charge on any atom is 0.469 e. The molecule has 5 N–H and O–H groups in total. The molecule has 0 aromatic carbocycles. The van der Waals surface area contributed by atoms with Gasteiger partial charge in [0.25, 0.3) is 11.4 Å². The number of nitrogens with one attached hydrogen (secondary N) is 1. The first-order chi connectivity index (χ1) is 11.8. The molecule has 0 aliphatic carbocycles. The van der Waals surface area contributed by atoms with E-state index in [0.29, 0.717) is 0 Å². The van der Waals surface area contributed by atoms with Gasteiger partial charge in [0.2, 0.25) is 0 Å². The molecular weight excluding hydrogens is 378 g/mol. The van der Waals surface area contributed by atoms with Gasteiger partial charge in [-0.2, -0.15) is 0 Å². The number of aliphatic hydroxyl groups is 2. The average Bonchev–Trinajstić information content (AvgIpc) is 2.99. The monoisotopic (exact) mass is 394 g/mol. The molecule has 0 amide bonds. The number of phosphoric ester groups is 1. The molecule has 3 heterocycles. The molecule has 2 aromatic rings. The number of aromatic nitrogens is 4. The number of nitrogens with zero attached hydrogens (tertiary/aromatic N) is 3. The smallest absolute Gasteiger partial charge is 0.384 e. The summed E-state index contributed by atoms with van der Waals surface area (Å²) in [7, 11) is -5.05. The molecule has 26 heavy (non-hydrogen) atoms. The molecule has 0 bridgehead atoms. The lowest BCUT2D eigenvalue weighted by molar-refractivity contribution is -0.204. The fourth-order valence-corrected chi connectivity index (χ4v) is 3.12. The number of aromatic amines is 1. The van der Waals surface area contributed by atoms with Gasteiger partial charge in [-0.1, -0.05) is 0 Å². The van der Waals surface area contributed by atoms with E-state index in [-0.39, 0.29) is 17.0 Å². The van der Waals surface area contributed by atoms with Gasteiger partial charge in [0, 0.05) is 0 Å². The molecule has 0 radical (unpaired) electrons. The molecule has 14 heteroatoms. The second-order valence-corrected chi connectivity index (χ2v) is 7.36. The van der Waals surface area contributed by atoms with Gasteiger partial charge in [-0.05, 0) is 13.8 Å². The van der Waals surface area contributed by atoms with Crippen LogP contribution in [0.5, 0.6) is 0 Å². The predicted molar refractivity (Wildman–Crippen MR) is 81.5 cm³/mol. The molecule has 2 aromatic heterocycles. The summed E-state index contributed by atoms with van der Waals surface area (Å²) in [6.45, 7) is 1.20. The zero-order chi connectivity index (χ0) is 19.5. The van der Waals surface area contributed by atoms with E-state index < -0.39 is 43.8 Å². The topological polar surface area (TPSA) is 180 Å². The highest BCUT2D eigenvalue weighted by molar-refractivity contribution is 7.46. The van der Waals surface area contributed by atoms with Crippen LogP contribution in [0.25, 0.3) is 11.2 Å². The lowest BCUT2D eigenvalue weighted by Crippen LogP contribution is -2.49. The van der Waals surface area contributed by atoms with E-state index in [2.05, 4.69) is 19.5 Å². The van der Waals surface area contributed by atoms with Crippen LogP contribution in [0.4, 0.5) is 4.39 Å². The van der Waals surface area contributed by atoms with Crippen molar-refractivity contribution in [2.45, 2.75) is 37.6 Å². The average molecular weight is 394 g/mol. The Morgan fingerprint density at radius 2 is 2.19 bits per heavy atom. The Hall–Kier alpha value is -1.73. The number of aliphatic hydroxyl groups excluding tert-OH is 1. The van der Waals surface area contributed by atoms with Gasteiger partial charge < -0.3 is 29.7 Å². The van der Waals surface area contributed by atoms with E-state index in [1.807, 2.05) is 0 Å². The number of fused-ring (bicyclic) bond motifs is 1. The van der Waals surface area contributed by atoms with Crippen molar-refractivity contribution in [3.8, 4) is 0 Å². The number of imidazole rings is 1. The van der Waals surface area contributed by atoms with Crippen LogP contribution < -0.4 is 5.56 Å². The molecule has 1 aliphatic heterocycles. The third kappa shape index (κ3) is 3.07. The number of H-pyrrole nitrogens is 1. The van der Waals surface area contributed by atoms with Crippen LogP contribution >= 0.6 is 7.82 Å². The summed E-state index contributed by atoms with van der Waals surface area (Å²) >= 11 is 0. The Labute approximate surface area is 144 Å². The number of phosphoric acid groups is 1. The van der Waals surface area contributed by atoms with Crippen LogP contribution in [0.3, 0.4) is 0 Å². The van der Waals surface area contributed by atoms with E-state index in [9.17, 15) is 24.0 Å². The van der Waals surface area contributed by atoms with Crippen molar-refractivity contribution >= 4 is 19.0 Å².